The van der Waals surface area contributed by atoms with Gasteiger partial charge in [0.15, 0.2) is 0 Å². The SMILES string of the molecule is Cc1c(Br)c2ccccc2n1CC(=O)Nc1ccc(Cn2ccccc2=O)cc1. The number of nitrogens with zero attached hydrogens (tertiary/aromatic N) is 2. The van der Waals surface area contributed by atoms with Gasteiger partial charge in [0.05, 0.1) is 6.54 Å². The van der Waals surface area contributed by atoms with E-state index in [4.69, 9.17) is 0 Å². The summed E-state index contributed by atoms with van der Waals surface area (Å²) in [5, 5.41) is 4.05. The van der Waals surface area contributed by atoms with E-state index >= 15 is 0 Å². The number of amides is 1. The molecule has 0 radical (unpaired) electrons. The Bertz CT molecular complexity index is 1240. The maximum atomic E-state index is 12.6. The summed E-state index contributed by atoms with van der Waals surface area (Å²) in [6, 6.07) is 20.7. The van der Waals surface area contributed by atoms with Crippen LogP contribution in [-0.2, 0) is 17.9 Å². The van der Waals surface area contributed by atoms with E-state index in [-0.39, 0.29) is 18.0 Å². The Morgan fingerprint density at radius 1 is 1.00 bits per heavy atom. The number of benzene rings is 2. The first kappa shape index (κ1) is 19.2. The van der Waals surface area contributed by atoms with Gasteiger partial charge in [-0.25, -0.2) is 0 Å². The molecule has 2 aromatic heterocycles. The van der Waals surface area contributed by atoms with Crippen LogP contribution in [0.15, 0.2) is 82.2 Å². The molecule has 1 amide bonds. The number of carbonyl (C=O) groups excluding carboxylic acids is 1. The van der Waals surface area contributed by atoms with Crippen LogP contribution in [-0.4, -0.2) is 15.0 Å². The average molecular weight is 450 g/mol. The number of pyridine rings is 1. The molecule has 0 spiro atoms. The zero-order valence-electron chi connectivity index (χ0n) is 15.9. The highest BCUT2D eigenvalue weighted by molar-refractivity contribution is 9.10. The van der Waals surface area contributed by atoms with Gasteiger partial charge in [0.1, 0.15) is 6.54 Å². The molecule has 2 heterocycles. The van der Waals surface area contributed by atoms with Crippen LogP contribution < -0.4 is 10.9 Å². The monoisotopic (exact) mass is 449 g/mol. The van der Waals surface area contributed by atoms with E-state index in [1.165, 1.54) is 0 Å². The molecule has 0 fully saturated rings. The minimum absolute atomic E-state index is 0.0367. The van der Waals surface area contributed by atoms with Crippen molar-refractivity contribution >= 4 is 38.4 Å². The van der Waals surface area contributed by atoms with E-state index in [2.05, 4.69) is 21.2 Å². The second-order valence-corrected chi connectivity index (χ2v) is 7.71. The van der Waals surface area contributed by atoms with Crippen LogP contribution in [0, 0.1) is 6.92 Å². The number of nitrogens with one attached hydrogen (secondary N) is 1. The van der Waals surface area contributed by atoms with Crippen molar-refractivity contribution in [3.63, 3.8) is 0 Å². The van der Waals surface area contributed by atoms with E-state index in [0.29, 0.717) is 6.54 Å². The van der Waals surface area contributed by atoms with E-state index in [1.54, 1.807) is 22.9 Å². The van der Waals surface area contributed by atoms with E-state index in [1.807, 2.05) is 66.1 Å². The minimum atomic E-state index is -0.0895. The third kappa shape index (κ3) is 4.03. The Morgan fingerprint density at radius 3 is 2.48 bits per heavy atom. The molecule has 0 aliphatic carbocycles. The molecule has 1 N–H and O–H groups in total. The van der Waals surface area contributed by atoms with Crippen molar-refractivity contribution in [1.29, 1.82) is 0 Å². The Hall–Kier alpha value is -3.12. The lowest BCUT2D eigenvalue weighted by atomic mass is 10.2. The quantitative estimate of drug-likeness (QED) is 0.485. The Morgan fingerprint density at radius 2 is 1.72 bits per heavy atom. The maximum Gasteiger partial charge on any atom is 0.250 e. The van der Waals surface area contributed by atoms with Gasteiger partial charge in [-0.05, 0) is 52.7 Å². The molecule has 5 nitrogen and oxygen atoms in total. The Kier molecular flexibility index (Phi) is 5.36. The summed E-state index contributed by atoms with van der Waals surface area (Å²) in [4.78, 5) is 24.4. The molecule has 0 aliphatic heterocycles. The van der Waals surface area contributed by atoms with Crippen molar-refractivity contribution < 1.29 is 4.79 Å². The predicted octanol–water partition coefficient (Wildman–Crippen LogP) is 4.56. The standard InChI is InChI=1S/C23H20BrN3O2/c1-16-23(24)19-6-2-3-7-20(19)27(16)15-21(28)25-18-11-9-17(10-12-18)14-26-13-5-4-8-22(26)29/h2-13H,14-15H2,1H3,(H,25,28). The van der Waals surface area contributed by atoms with Crippen LogP contribution in [0.5, 0.6) is 0 Å². The summed E-state index contributed by atoms with van der Waals surface area (Å²) in [5.74, 6) is -0.0895. The number of carbonyl (C=O) groups is 1. The van der Waals surface area contributed by atoms with Crippen LogP contribution in [0.2, 0.25) is 0 Å². The molecule has 6 heteroatoms. The highest BCUT2D eigenvalue weighted by atomic mass is 79.9. The fourth-order valence-electron chi connectivity index (χ4n) is 3.42. The molecule has 0 unspecified atom stereocenters. The zero-order chi connectivity index (χ0) is 20.4. The van der Waals surface area contributed by atoms with E-state index in [0.717, 1.165) is 32.3 Å². The number of rotatable bonds is 5. The van der Waals surface area contributed by atoms with Gasteiger partial charge in [-0.2, -0.15) is 0 Å². The second kappa shape index (κ2) is 8.09. The highest BCUT2D eigenvalue weighted by Crippen LogP contribution is 2.30. The first-order chi connectivity index (χ1) is 14.0. The van der Waals surface area contributed by atoms with Crippen LogP contribution >= 0.6 is 15.9 Å². The van der Waals surface area contributed by atoms with Crippen molar-refractivity contribution in [2.75, 3.05) is 5.32 Å². The smallest absolute Gasteiger partial charge is 0.250 e. The third-order valence-corrected chi connectivity index (χ3v) is 5.95. The van der Waals surface area contributed by atoms with Crippen LogP contribution in [0.4, 0.5) is 5.69 Å². The summed E-state index contributed by atoms with van der Waals surface area (Å²) in [7, 11) is 0. The van der Waals surface area contributed by atoms with Gasteiger partial charge in [-0.1, -0.05) is 36.4 Å². The van der Waals surface area contributed by atoms with Gasteiger partial charge in [0, 0.05) is 39.0 Å². The Labute approximate surface area is 176 Å². The largest absolute Gasteiger partial charge is 0.334 e. The van der Waals surface area contributed by atoms with Crippen LogP contribution in [0.1, 0.15) is 11.3 Å². The highest BCUT2D eigenvalue weighted by Gasteiger charge is 2.14. The average Bonchev–Trinajstić information content (AvgIpc) is 2.96. The van der Waals surface area contributed by atoms with Crippen molar-refractivity contribution in [2.24, 2.45) is 0 Å². The number of halogens is 1. The summed E-state index contributed by atoms with van der Waals surface area (Å²) < 4.78 is 4.66. The number of para-hydroxylation sites is 1. The van der Waals surface area contributed by atoms with E-state index in [9.17, 15) is 9.59 Å². The van der Waals surface area contributed by atoms with Gasteiger partial charge >= 0.3 is 0 Å². The van der Waals surface area contributed by atoms with Crippen molar-refractivity contribution in [2.45, 2.75) is 20.0 Å². The summed E-state index contributed by atoms with van der Waals surface area (Å²) in [5.41, 5.74) is 3.73. The molecule has 0 atom stereocenters. The number of hydrogen-bond donors (Lipinski definition) is 1. The predicted molar refractivity (Wildman–Crippen MR) is 119 cm³/mol. The number of aromatic nitrogens is 2. The third-order valence-electron chi connectivity index (χ3n) is 4.95. The first-order valence-electron chi connectivity index (χ1n) is 9.30. The molecule has 2 aromatic carbocycles. The molecular formula is C23H20BrN3O2. The zero-order valence-corrected chi connectivity index (χ0v) is 17.5. The summed E-state index contributed by atoms with van der Waals surface area (Å²) in [6.45, 7) is 2.73. The van der Waals surface area contributed by atoms with Gasteiger partial charge in [0.25, 0.3) is 5.56 Å². The fraction of sp³-hybridized carbons (Fsp3) is 0.130. The first-order valence-corrected chi connectivity index (χ1v) is 10.1. The molecule has 4 aromatic rings. The van der Waals surface area contributed by atoms with Gasteiger partial charge < -0.3 is 14.5 Å². The van der Waals surface area contributed by atoms with Crippen LogP contribution in [0.25, 0.3) is 10.9 Å². The minimum Gasteiger partial charge on any atom is -0.334 e. The van der Waals surface area contributed by atoms with Gasteiger partial charge in [0.2, 0.25) is 5.91 Å². The Balaban J connectivity index is 1.46. The van der Waals surface area contributed by atoms with E-state index < -0.39 is 0 Å². The molecular weight excluding hydrogens is 430 g/mol. The van der Waals surface area contributed by atoms with Gasteiger partial charge in [-0.3, -0.25) is 9.59 Å². The summed E-state index contributed by atoms with van der Waals surface area (Å²) >= 11 is 3.62. The lowest BCUT2D eigenvalue weighted by Crippen LogP contribution is -2.19. The molecule has 0 aliphatic rings. The van der Waals surface area contributed by atoms with Crippen molar-refractivity contribution in [3.05, 3.63) is 99.0 Å². The number of hydrogen-bond acceptors (Lipinski definition) is 2. The molecule has 0 saturated carbocycles. The second-order valence-electron chi connectivity index (χ2n) is 6.91. The van der Waals surface area contributed by atoms with Crippen LogP contribution in [0.3, 0.4) is 0 Å². The van der Waals surface area contributed by atoms with Crippen molar-refractivity contribution in [3.8, 4) is 0 Å². The molecule has 0 saturated heterocycles. The summed E-state index contributed by atoms with van der Waals surface area (Å²) in [6.07, 6.45) is 1.76. The van der Waals surface area contributed by atoms with Crippen molar-refractivity contribution in [1.82, 2.24) is 9.13 Å². The molecule has 146 valence electrons. The number of fused-ring (bicyclic) bond motifs is 1. The molecule has 29 heavy (non-hydrogen) atoms. The lowest BCUT2D eigenvalue weighted by Gasteiger charge is -2.10. The van der Waals surface area contributed by atoms with Gasteiger partial charge in [-0.15, -0.1) is 0 Å². The normalized spacial score (nSPS) is 11.0. The lowest BCUT2D eigenvalue weighted by molar-refractivity contribution is -0.116. The fourth-order valence-corrected chi connectivity index (χ4v) is 3.97. The molecule has 0 bridgehead atoms. The maximum absolute atomic E-state index is 12.6. The molecule has 4 rings (SSSR count). The number of anilines is 1. The topological polar surface area (TPSA) is 56.0 Å².